The van der Waals surface area contributed by atoms with Gasteiger partial charge in [0, 0.05) is 6.04 Å². The SMILES string of the molecule is CCCC(N)c1cccc(OC)c1Cl. The van der Waals surface area contributed by atoms with Crippen molar-refractivity contribution in [2.45, 2.75) is 25.8 Å². The summed E-state index contributed by atoms with van der Waals surface area (Å²) in [6.07, 6.45) is 1.99. The molecule has 0 aliphatic rings. The smallest absolute Gasteiger partial charge is 0.137 e. The van der Waals surface area contributed by atoms with E-state index < -0.39 is 0 Å². The second-order valence-electron chi connectivity index (χ2n) is 3.26. The molecule has 1 aromatic carbocycles. The Bertz CT molecular complexity index is 301. The lowest BCUT2D eigenvalue weighted by Gasteiger charge is -2.14. The second-order valence-corrected chi connectivity index (χ2v) is 3.64. The zero-order chi connectivity index (χ0) is 10.6. The Kier molecular flexibility index (Phi) is 4.23. The molecule has 0 saturated carbocycles. The molecule has 1 rings (SSSR count). The fourth-order valence-electron chi connectivity index (χ4n) is 1.44. The zero-order valence-corrected chi connectivity index (χ0v) is 9.34. The molecule has 2 N–H and O–H groups in total. The summed E-state index contributed by atoms with van der Waals surface area (Å²) in [5, 5.41) is 0.635. The van der Waals surface area contributed by atoms with Gasteiger partial charge >= 0.3 is 0 Å². The van der Waals surface area contributed by atoms with E-state index in [9.17, 15) is 0 Å². The van der Waals surface area contributed by atoms with E-state index in [1.165, 1.54) is 0 Å². The van der Waals surface area contributed by atoms with Crippen LogP contribution in [0.2, 0.25) is 5.02 Å². The Morgan fingerprint density at radius 3 is 2.79 bits per heavy atom. The summed E-state index contributed by atoms with van der Waals surface area (Å²) in [5.74, 6) is 0.690. The first-order valence-corrected chi connectivity index (χ1v) is 5.16. The van der Waals surface area contributed by atoms with Gasteiger partial charge in [-0.25, -0.2) is 0 Å². The Morgan fingerprint density at radius 2 is 2.21 bits per heavy atom. The topological polar surface area (TPSA) is 35.2 Å². The molecule has 1 atom stereocenters. The van der Waals surface area contributed by atoms with Gasteiger partial charge in [0.05, 0.1) is 12.1 Å². The Hall–Kier alpha value is -0.730. The first-order valence-electron chi connectivity index (χ1n) is 4.78. The quantitative estimate of drug-likeness (QED) is 0.834. The van der Waals surface area contributed by atoms with Gasteiger partial charge in [-0.1, -0.05) is 37.1 Å². The van der Waals surface area contributed by atoms with Crippen molar-refractivity contribution in [1.29, 1.82) is 0 Å². The highest BCUT2D eigenvalue weighted by molar-refractivity contribution is 6.32. The van der Waals surface area contributed by atoms with Crippen molar-refractivity contribution in [3.63, 3.8) is 0 Å². The number of ether oxygens (including phenoxy) is 1. The van der Waals surface area contributed by atoms with Gasteiger partial charge in [-0.15, -0.1) is 0 Å². The average molecular weight is 214 g/mol. The fourth-order valence-corrected chi connectivity index (χ4v) is 1.78. The maximum absolute atomic E-state index is 6.13. The minimum absolute atomic E-state index is 0.00241. The van der Waals surface area contributed by atoms with Crippen LogP contribution in [0.5, 0.6) is 5.75 Å². The Balaban J connectivity index is 2.96. The molecule has 0 amide bonds. The number of methoxy groups -OCH3 is 1. The molecule has 1 aromatic rings. The van der Waals surface area contributed by atoms with Gasteiger partial charge < -0.3 is 10.5 Å². The number of nitrogens with two attached hydrogens (primary N) is 1. The third kappa shape index (κ3) is 2.40. The number of benzene rings is 1. The lowest BCUT2D eigenvalue weighted by atomic mass is 10.0. The molecule has 0 fully saturated rings. The molecule has 0 bridgehead atoms. The highest BCUT2D eigenvalue weighted by Crippen LogP contribution is 2.32. The molecule has 0 aromatic heterocycles. The van der Waals surface area contributed by atoms with Crippen LogP contribution in [0.25, 0.3) is 0 Å². The van der Waals surface area contributed by atoms with Crippen molar-refractivity contribution >= 4 is 11.6 Å². The average Bonchev–Trinajstić information content (AvgIpc) is 2.18. The van der Waals surface area contributed by atoms with Gasteiger partial charge in [-0.3, -0.25) is 0 Å². The first kappa shape index (κ1) is 11.3. The van der Waals surface area contributed by atoms with Crippen LogP contribution in [-0.2, 0) is 0 Å². The number of halogens is 1. The van der Waals surface area contributed by atoms with Crippen LogP contribution in [0, 0.1) is 0 Å². The third-order valence-electron chi connectivity index (χ3n) is 2.21. The summed E-state index contributed by atoms with van der Waals surface area (Å²) in [5.41, 5.74) is 6.96. The van der Waals surface area contributed by atoms with Crippen LogP contribution in [0.4, 0.5) is 0 Å². The van der Waals surface area contributed by atoms with E-state index >= 15 is 0 Å². The molecule has 3 heteroatoms. The van der Waals surface area contributed by atoms with Crippen molar-refractivity contribution in [2.75, 3.05) is 7.11 Å². The van der Waals surface area contributed by atoms with E-state index in [1.54, 1.807) is 7.11 Å². The predicted octanol–water partition coefficient (Wildman–Crippen LogP) is 3.15. The van der Waals surface area contributed by atoms with Crippen LogP contribution in [-0.4, -0.2) is 7.11 Å². The number of hydrogen-bond acceptors (Lipinski definition) is 2. The molecule has 14 heavy (non-hydrogen) atoms. The summed E-state index contributed by atoms with van der Waals surface area (Å²) >= 11 is 6.13. The Labute approximate surface area is 90.0 Å². The van der Waals surface area contributed by atoms with Crippen LogP contribution >= 0.6 is 11.6 Å². The van der Waals surface area contributed by atoms with Crippen LogP contribution in [0.15, 0.2) is 18.2 Å². The van der Waals surface area contributed by atoms with Crippen molar-refractivity contribution in [2.24, 2.45) is 5.73 Å². The fraction of sp³-hybridized carbons (Fsp3) is 0.455. The Morgan fingerprint density at radius 1 is 1.50 bits per heavy atom. The number of hydrogen-bond donors (Lipinski definition) is 1. The minimum Gasteiger partial charge on any atom is -0.495 e. The van der Waals surface area contributed by atoms with E-state index in [0.717, 1.165) is 18.4 Å². The molecule has 0 aliphatic heterocycles. The third-order valence-corrected chi connectivity index (χ3v) is 2.62. The molecule has 2 nitrogen and oxygen atoms in total. The van der Waals surface area contributed by atoms with Crippen LogP contribution in [0.3, 0.4) is 0 Å². The van der Waals surface area contributed by atoms with E-state index in [2.05, 4.69) is 6.92 Å². The normalized spacial score (nSPS) is 12.6. The van der Waals surface area contributed by atoms with E-state index in [4.69, 9.17) is 22.1 Å². The van der Waals surface area contributed by atoms with Gasteiger partial charge in [0.2, 0.25) is 0 Å². The van der Waals surface area contributed by atoms with E-state index in [1.807, 2.05) is 18.2 Å². The lowest BCUT2D eigenvalue weighted by Crippen LogP contribution is -2.10. The number of rotatable bonds is 4. The van der Waals surface area contributed by atoms with Gasteiger partial charge in [0.1, 0.15) is 5.75 Å². The second kappa shape index (κ2) is 5.23. The molecular weight excluding hydrogens is 198 g/mol. The van der Waals surface area contributed by atoms with Gasteiger partial charge in [0.25, 0.3) is 0 Å². The molecule has 0 aliphatic carbocycles. The molecule has 0 radical (unpaired) electrons. The van der Waals surface area contributed by atoms with E-state index in [-0.39, 0.29) is 6.04 Å². The maximum atomic E-state index is 6.13. The van der Waals surface area contributed by atoms with Gasteiger partial charge in [-0.2, -0.15) is 0 Å². The largest absolute Gasteiger partial charge is 0.495 e. The summed E-state index contributed by atoms with van der Waals surface area (Å²) in [4.78, 5) is 0. The molecular formula is C11H16ClNO. The van der Waals surface area contributed by atoms with Crippen molar-refractivity contribution in [3.05, 3.63) is 28.8 Å². The molecule has 0 saturated heterocycles. The van der Waals surface area contributed by atoms with Gasteiger partial charge in [0.15, 0.2) is 0 Å². The monoisotopic (exact) mass is 213 g/mol. The highest BCUT2D eigenvalue weighted by atomic mass is 35.5. The first-order chi connectivity index (χ1) is 6.70. The minimum atomic E-state index is 0.00241. The zero-order valence-electron chi connectivity index (χ0n) is 8.59. The predicted molar refractivity (Wildman–Crippen MR) is 59.8 cm³/mol. The standard InChI is InChI=1S/C11H16ClNO/c1-3-5-9(13)8-6-4-7-10(14-2)11(8)12/h4,6-7,9H,3,5,13H2,1-2H3. The molecule has 78 valence electrons. The van der Waals surface area contributed by atoms with Crippen LogP contribution < -0.4 is 10.5 Å². The summed E-state index contributed by atoms with van der Waals surface area (Å²) in [7, 11) is 1.61. The molecule has 1 unspecified atom stereocenters. The van der Waals surface area contributed by atoms with Crippen LogP contribution in [0.1, 0.15) is 31.4 Å². The van der Waals surface area contributed by atoms with Crippen molar-refractivity contribution in [3.8, 4) is 5.75 Å². The maximum Gasteiger partial charge on any atom is 0.137 e. The van der Waals surface area contributed by atoms with E-state index in [0.29, 0.717) is 10.8 Å². The van der Waals surface area contributed by atoms with Gasteiger partial charge in [-0.05, 0) is 18.1 Å². The summed E-state index contributed by atoms with van der Waals surface area (Å²) < 4.78 is 5.13. The van der Waals surface area contributed by atoms with Crippen molar-refractivity contribution in [1.82, 2.24) is 0 Å². The van der Waals surface area contributed by atoms with Crippen molar-refractivity contribution < 1.29 is 4.74 Å². The summed E-state index contributed by atoms with van der Waals surface area (Å²) in [6.45, 7) is 2.11. The highest BCUT2D eigenvalue weighted by Gasteiger charge is 2.12. The summed E-state index contributed by atoms with van der Waals surface area (Å²) in [6, 6.07) is 5.70. The molecule has 0 heterocycles. The lowest BCUT2D eigenvalue weighted by molar-refractivity contribution is 0.414. The molecule has 0 spiro atoms.